The summed E-state index contributed by atoms with van der Waals surface area (Å²) in [7, 11) is 2.16. The molecule has 154 valence electrons. The van der Waals surface area contributed by atoms with Crippen LogP contribution in [0.25, 0.3) is 0 Å². The summed E-state index contributed by atoms with van der Waals surface area (Å²) in [5, 5.41) is 4.93. The van der Waals surface area contributed by atoms with Gasteiger partial charge >= 0.3 is 11.9 Å². The molecule has 0 saturated heterocycles. The zero-order chi connectivity index (χ0) is 21.3. The molecule has 0 aromatic rings. The molecule has 10 nitrogen and oxygen atoms in total. The van der Waals surface area contributed by atoms with Crippen LogP contribution in [0.2, 0.25) is 0 Å². The lowest BCUT2D eigenvalue weighted by molar-refractivity contribution is -0.162. The maximum absolute atomic E-state index is 12.6. The van der Waals surface area contributed by atoms with Crippen molar-refractivity contribution >= 4 is 29.7 Å². The highest BCUT2D eigenvalue weighted by atomic mass is 16.5. The van der Waals surface area contributed by atoms with E-state index in [0.29, 0.717) is 6.42 Å². The standard InChI is InChI=1S/C17H29N3O7/c1-8(2)7-11(19-10(4)21)15(23)20-13(14(18)22)9(3)12(16(24)26-5)17(25)27-6/h8-9,11-13H,7H2,1-6H3,(H2,18,22)(H,19,21)(H,20,23)/t9-,11-,13+/m0/s1. The van der Waals surface area contributed by atoms with Gasteiger partial charge in [-0.2, -0.15) is 0 Å². The minimum Gasteiger partial charge on any atom is -0.468 e. The molecule has 10 heteroatoms. The Morgan fingerprint density at radius 2 is 1.41 bits per heavy atom. The second kappa shape index (κ2) is 11.1. The van der Waals surface area contributed by atoms with Crippen molar-refractivity contribution in [3.8, 4) is 0 Å². The number of carbonyl (C=O) groups excluding carboxylic acids is 5. The van der Waals surface area contributed by atoms with Gasteiger partial charge in [-0.3, -0.25) is 24.0 Å². The zero-order valence-electron chi connectivity index (χ0n) is 16.5. The van der Waals surface area contributed by atoms with Crippen molar-refractivity contribution in [1.29, 1.82) is 0 Å². The van der Waals surface area contributed by atoms with E-state index in [9.17, 15) is 24.0 Å². The van der Waals surface area contributed by atoms with Gasteiger partial charge in [0.05, 0.1) is 14.2 Å². The molecule has 0 heterocycles. The molecule has 0 saturated carbocycles. The Bertz CT molecular complexity index is 561. The lowest BCUT2D eigenvalue weighted by Crippen LogP contribution is -2.57. The zero-order valence-corrected chi connectivity index (χ0v) is 16.5. The highest BCUT2D eigenvalue weighted by molar-refractivity contribution is 5.97. The first-order valence-corrected chi connectivity index (χ1v) is 8.48. The van der Waals surface area contributed by atoms with Crippen molar-refractivity contribution in [1.82, 2.24) is 10.6 Å². The van der Waals surface area contributed by atoms with Crippen LogP contribution in [0.3, 0.4) is 0 Å². The topological polar surface area (TPSA) is 154 Å². The average Bonchev–Trinajstić information content (AvgIpc) is 2.57. The normalized spacial score (nSPS) is 14.1. The Hall–Kier alpha value is -2.65. The van der Waals surface area contributed by atoms with E-state index in [2.05, 4.69) is 20.1 Å². The number of hydrogen-bond acceptors (Lipinski definition) is 7. The van der Waals surface area contributed by atoms with Gasteiger partial charge in [-0.05, 0) is 12.3 Å². The second-order valence-electron chi connectivity index (χ2n) is 6.65. The van der Waals surface area contributed by atoms with Gasteiger partial charge in [0.1, 0.15) is 12.1 Å². The minimum absolute atomic E-state index is 0.0786. The van der Waals surface area contributed by atoms with Gasteiger partial charge in [0.15, 0.2) is 5.92 Å². The van der Waals surface area contributed by atoms with Gasteiger partial charge < -0.3 is 25.8 Å². The number of methoxy groups -OCH3 is 2. The third-order valence-electron chi connectivity index (χ3n) is 3.97. The van der Waals surface area contributed by atoms with Crippen molar-refractivity contribution < 1.29 is 33.4 Å². The molecular weight excluding hydrogens is 358 g/mol. The lowest BCUT2D eigenvalue weighted by atomic mass is 9.86. The molecule has 27 heavy (non-hydrogen) atoms. The molecule has 3 amide bonds. The van der Waals surface area contributed by atoms with Gasteiger partial charge in [0.2, 0.25) is 17.7 Å². The maximum Gasteiger partial charge on any atom is 0.320 e. The fourth-order valence-electron chi connectivity index (χ4n) is 2.64. The number of rotatable bonds is 10. The van der Waals surface area contributed by atoms with Crippen LogP contribution in [0.1, 0.15) is 34.1 Å². The van der Waals surface area contributed by atoms with E-state index in [1.807, 2.05) is 13.8 Å². The van der Waals surface area contributed by atoms with E-state index in [4.69, 9.17) is 5.73 Å². The summed E-state index contributed by atoms with van der Waals surface area (Å²) in [4.78, 5) is 59.7. The van der Waals surface area contributed by atoms with Gasteiger partial charge in [0.25, 0.3) is 0 Å². The van der Waals surface area contributed by atoms with Crippen molar-refractivity contribution in [3.05, 3.63) is 0 Å². The number of nitrogens with one attached hydrogen (secondary N) is 2. The number of hydrogen-bond donors (Lipinski definition) is 3. The van der Waals surface area contributed by atoms with E-state index >= 15 is 0 Å². The smallest absolute Gasteiger partial charge is 0.320 e. The summed E-state index contributed by atoms with van der Waals surface area (Å²) in [5.74, 6) is -6.27. The quantitative estimate of drug-likeness (QED) is 0.324. The number of carbonyl (C=O) groups is 5. The van der Waals surface area contributed by atoms with E-state index in [1.54, 1.807) is 0 Å². The van der Waals surface area contributed by atoms with Crippen LogP contribution in [0, 0.1) is 17.8 Å². The monoisotopic (exact) mass is 387 g/mol. The SMILES string of the molecule is COC(=O)C(C(=O)OC)[C@H](C)[C@@H](NC(=O)[C@H](CC(C)C)NC(C)=O)C(N)=O. The third kappa shape index (κ3) is 7.63. The van der Waals surface area contributed by atoms with E-state index in [0.717, 1.165) is 14.2 Å². The van der Waals surface area contributed by atoms with Crippen LogP contribution in [-0.2, 0) is 33.4 Å². The number of primary amides is 1. The Morgan fingerprint density at radius 3 is 1.74 bits per heavy atom. The molecular formula is C17H29N3O7. The van der Waals surface area contributed by atoms with Crippen LogP contribution >= 0.6 is 0 Å². The number of nitrogens with two attached hydrogens (primary N) is 1. The number of amides is 3. The predicted octanol–water partition coefficient (Wildman–Crippen LogP) is -0.894. The molecule has 0 rings (SSSR count). The Labute approximate surface area is 158 Å². The second-order valence-corrected chi connectivity index (χ2v) is 6.65. The first-order valence-electron chi connectivity index (χ1n) is 8.48. The highest BCUT2D eigenvalue weighted by Crippen LogP contribution is 2.20. The minimum atomic E-state index is -1.46. The molecule has 3 atom stereocenters. The molecule has 0 fully saturated rings. The summed E-state index contributed by atoms with van der Waals surface area (Å²) >= 11 is 0. The van der Waals surface area contributed by atoms with E-state index in [1.165, 1.54) is 13.8 Å². The molecule has 0 aliphatic carbocycles. The molecule has 0 unspecified atom stereocenters. The molecule has 0 spiro atoms. The Balaban J connectivity index is 5.59. The van der Waals surface area contributed by atoms with Crippen LogP contribution in [0.5, 0.6) is 0 Å². The molecule has 0 aromatic heterocycles. The Morgan fingerprint density at radius 1 is 0.926 bits per heavy atom. The fourth-order valence-corrected chi connectivity index (χ4v) is 2.64. The summed E-state index contributed by atoms with van der Waals surface area (Å²) in [6.07, 6.45) is 0.322. The van der Waals surface area contributed by atoms with Crippen molar-refractivity contribution in [2.24, 2.45) is 23.5 Å². The largest absolute Gasteiger partial charge is 0.468 e. The Kier molecular flexibility index (Phi) is 10.1. The molecule has 0 aliphatic heterocycles. The van der Waals surface area contributed by atoms with Crippen LogP contribution < -0.4 is 16.4 Å². The van der Waals surface area contributed by atoms with Crippen LogP contribution in [0.4, 0.5) is 0 Å². The van der Waals surface area contributed by atoms with E-state index < -0.39 is 53.6 Å². The van der Waals surface area contributed by atoms with Gasteiger partial charge in [0, 0.05) is 12.8 Å². The fraction of sp³-hybridized carbons (Fsp3) is 0.706. The van der Waals surface area contributed by atoms with Crippen molar-refractivity contribution in [2.75, 3.05) is 14.2 Å². The van der Waals surface area contributed by atoms with Gasteiger partial charge in [-0.1, -0.05) is 20.8 Å². The van der Waals surface area contributed by atoms with Crippen LogP contribution in [-0.4, -0.2) is 56.0 Å². The average molecular weight is 387 g/mol. The first kappa shape index (κ1) is 24.4. The third-order valence-corrected chi connectivity index (χ3v) is 3.97. The molecule has 0 radical (unpaired) electrons. The van der Waals surface area contributed by atoms with E-state index in [-0.39, 0.29) is 5.92 Å². The van der Waals surface area contributed by atoms with Crippen molar-refractivity contribution in [2.45, 2.75) is 46.2 Å². The summed E-state index contributed by atoms with van der Waals surface area (Å²) < 4.78 is 9.16. The number of ether oxygens (including phenoxy) is 2. The molecule has 0 aromatic carbocycles. The summed E-state index contributed by atoms with van der Waals surface area (Å²) in [6, 6.07) is -2.25. The summed E-state index contributed by atoms with van der Waals surface area (Å²) in [6.45, 7) is 6.38. The predicted molar refractivity (Wildman–Crippen MR) is 94.9 cm³/mol. The van der Waals surface area contributed by atoms with Crippen LogP contribution in [0.15, 0.2) is 0 Å². The number of esters is 2. The molecule has 0 aliphatic rings. The van der Waals surface area contributed by atoms with Gasteiger partial charge in [-0.15, -0.1) is 0 Å². The first-order chi connectivity index (χ1) is 12.5. The highest BCUT2D eigenvalue weighted by Gasteiger charge is 2.41. The summed E-state index contributed by atoms with van der Waals surface area (Å²) in [5.41, 5.74) is 5.36. The van der Waals surface area contributed by atoms with Crippen molar-refractivity contribution in [3.63, 3.8) is 0 Å². The molecule has 4 N–H and O–H groups in total. The maximum atomic E-state index is 12.6. The lowest BCUT2D eigenvalue weighted by Gasteiger charge is -2.28. The molecule has 0 bridgehead atoms. The van der Waals surface area contributed by atoms with Gasteiger partial charge in [-0.25, -0.2) is 0 Å².